The summed E-state index contributed by atoms with van der Waals surface area (Å²) in [5, 5.41) is 12.5. The summed E-state index contributed by atoms with van der Waals surface area (Å²) in [6.45, 7) is 5.49. The third-order valence-corrected chi connectivity index (χ3v) is 5.23. The number of hydrogen-bond acceptors (Lipinski definition) is 5. The van der Waals surface area contributed by atoms with Crippen LogP contribution in [0, 0.1) is 0 Å². The molecule has 4 rings (SSSR count). The van der Waals surface area contributed by atoms with Crippen molar-refractivity contribution in [3.05, 3.63) is 59.6 Å². The molecule has 4 heterocycles. The SMILES string of the molecule is C/C=C\C(=N/C)c1nc2sccn2c1-c1ccc2ncc(C(C)(C)O)n2c1. The summed E-state index contributed by atoms with van der Waals surface area (Å²) < 4.78 is 4.01. The van der Waals surface area contributed by atoms with Gasteiger partial charge in [-0.2, -0.15) is 0 Å². The van der Waals surface area contributed by atoms with Gasteiger partial charge >= 0.3 is 0 Å². The maximum atomic E-state index is 10.5. The molecule has 0 aliphatic heterocycles. The van der Waals surface area contributed by atoms with Crippen molar-refractivity contribution in [1.82, 2.24) is 18.8 Å². The van der Waals surface area contributed by atoms with E-state index in [0.29, 0.717) is 0 Å². The molecule has 138 valence electrons. The number of pyridine rings is 1. The van der Waals surface area contributed by atoms with E-state index in [4.69, 9.17) is 4.98 Å². The summed E-state index contributed by atoms with van der Waals surface area (Å²) in [6, 6.07) is 3.99. The van der Waals surface area contributed by atoms with Crippen LogP contribution in [0.15, 0.2) is 53.2 Å². The maximum absolute atomic E-state index is 10.5. The monoisotopic (exact) mass is 379 g/mol. The molecular weight excluding hydrogens is 358 g/mol. The lowest BCUT2D eigenvalue weighted by atomic mass is 10.1. The third-order valence-electron chi connectivity index (χ3n) is 4.48. The van der Waals surface area contributed by atoms with Crippen LogP contribution in [-0.4, -0.2) is 36.6 Å². The minimum Gasteiger partial charge on any atom is -0.384 e. The van der Waals surface area contributed by atoms with Crippen LogP contribution in [0.5, 0.6) is 0 Å². The normalized spacial score (nSPS) is 13.4. The van der Waals surface area contributed by atoms with Gasteiger partial charge in [-0.05, 0) is 39.0 Å². The van der Waals surface area contributed by atoms with Gasteiger partial charge in [0.2, 0.25) is 0 Å². The van der Waals surface area contributed by atoms with E-state index in [0.717, 1.165) is 39.0 Å². The Morgan fingerprint density at radius 2 is 2.11 bits per heavy atom. The molecule has 6 nitrogen and oxygen atoms in total. The molecule has 0 aliphatic carbocycles. The van der Waals surface area contributed by atoms with Gasteiger partial charge in [0.25, 0.3) is 0 Å². The molecule has 0 unspecified atom stereocenters. The van der Waals surface area contributed by atoms with Gasteiger partial charge in [-0.25, -0.2) is 9.97 Å². The summed E-state index contributed by atoms with van der Waals surface area (Å²) in [4.78, 5) is 14.5. The van der Waals surface area contributed by atoms with E-state index in [2.05, 4.69) is 14.4 Å². The van der Waals surface area contributed by atoms with E-state index in [9.17, 15) is 5.11 Å². The highest BCUT2D eigenvalue weighted by molar-refractivity contribution is 7.15. The van der Waals surface area contributed by atoms with Crippen molar-refractivity contribution in [3.8, 4) is 11.3 Å². The standard InChI is InChI=1S/C20H21N5OS/c1-5-6-14(21-4)17-18(24-9-10-27-19(24)23-17)13-7-8-16-22-11-15(20(2,3)26)25(16)12-13/h5-12,26H,1-4H3/b6-5-,21-14+. The van der Waals surface area contributed by atoms with Crippen molar-refractivity contribution in [3.63, 3.8) is 0 Å². The number of thiazole rings is 1. The summed E-state index contributed by atoms with van der Waals surface area (Å²) in [7, 11) is 1.78. The quantitative estimate of drug-likeness (QED) is 0.546. The second-order valence-corrected chi connectivity index (χ2v) is 7.69. The zero-order valence-electron chi connectivity index (χ0n) is 15.7. The highest BCUT2D eigenvalue weighted by Crippen LogP contribution is 2.30. The van der Waals surface area contributed by atoms with Crippen molar-refractivity contribution >= 4 is 27.7 Å². The molecule has 0 atom stereocenters. The Morgan fingerprint density at radius 1 is 1.30 bits per heavy atom. The molecule has 0 saturated heterocycles. The number of allylic oxidation sites excluding steroid dienone is 2. The molecular formula is C20H21N5OS. The van der Waals surface area contributed by atoms with E-state index in [1.54, 1.807) is 38.4 Å². The zero-order chi connectivity index (χ0) is 19.2. The van der Waals surface area contributed by atoms with Crippen molar-refractivity contribution in [1.29, 1.82) is 0 Å². The number of fused-ring (bicyclic) bond motifs is 2. The Morgan fingerprint density at radius 3 is 2.81 bits per heavy atom. The van der Waals surface area contributed by atoms with Gasteiger partial charge in [-0.3, -0.25) is 9.39 Å². The predicted octanol–water partition coefficient (Wildman–Crippen LogP) is 3.93. The van der Waals surface area contributed by atoms with E-state index in [1.165, 1.54) is 0 Å². The lowest BCUT2D eigenvalue weighted by Gasteiger charge is -2.17. The summed E-state index contributed by atoms with van der Waals surface area (Å²) in [6.07, 6.45) is 9.67. The van der Waals surface area contributed by atoms with E-state index in [-0.39, 0.29) is 0 Å². The first-order valence-electron chi connectivity index (χ1n) is 8.69. The average Bonchev–Trinajstić information content (AvgIpc) is 3.31. The van der Waals surface area contributed by atoms with Crippen molar-refractivity contribution in [2.75, 3.05) is 7.05 Å². The second kappa shape index (κ2) is 6.44. The number of rotatable bonds is 4. The predicted molar refractivity (Wildman–Crippen MR) is 110 cm³/mol. The smallest absolute Gasteiger partial charge is 0.194 e. The number of aliphatic hydroxyl groups is 1. The minimum atomic E-state index is -0.989. The fraction of sp³-hybridized carbons (Fsp3) is 0.250. The second-order valence-electron chi connectivity index (χ2n) is 6.82. The molecule has 27 heavy (non-hydrogen) atoms. The van der Waals surface area contributed by atoms with Gasteiger partial charge in [0.05, 0.1) is 23.3 Å². The van der Waals surface area contributed by atoms with Crippen LogP contribution < -0.4 is 0 Å². The molecule has 0 amide bonds. The molecule has 7 heteroatoms. The Kier molecular flexibility index (Phi) is 4.20. The Bertz CT molecular complexity index is 1190. The molecule has 0 spiro atoms. The summed E-state index contributed by atoms with van der Waals surface area (Å²) in [5.74, 6) is 0. The van der Waals surface area contributed by atoms with Gasteiger partial charge in [0.15, 0.2) is 4.96 Å². The van der Waals surface area contributed by atoms with Gasteiger partial charge in [0, 0.05) is 30.4 Å². The summed E-state index contributed by atoms with van der Waals surface area (Å²) in [5.41, 5.74) is 4.17. The summed E-state index contributed by atoms with van der Waals surface area (Å²) >= 11 is 1.59. The number of imidazole rings is 2. The topological polar surface area (TPSA) is 67.2 Å². The Hall–Kier alpha value is -2.77. The van der Waals surface area contributed by atoms with E-state index >= 15 is 0 Å². The van der Waals surface area contributed by atoms with Crippen LogP contribution in [0.2, 0.25) is 0 Å². The molecule has 0 aromatic carbocycles. The van der Waals surface area contributed by atoms with Crippen LogP contribution in [0.4, 0.5) is 0 Å². The molecule has 4 aromatic heterocycles. The molecule has 0 bridgehead atoms. The first kappa shape index (κ1) is 17.6. The highest BCUT2D eigenvalue weighted by Gasteiger charge is 2.23. The number of aromatic nitrogens is 4. The van der Waals surface area contributed by atoms with E-state index < -0.39 is 5.60 Å². The first-order valence-corrected chi connectivity index (χ1v) is 9.57. The minimum absolute atomic E-state index is 0.741. The van der Waals surface area contributed by atoms with Crippen LogP contribution >= 0.6 is 11.3 Å². The maximum Gasteiger partial charge on any atom is 0.194 e. The third kappa shape index (κ3) is 2.89. The van der Waals surface area contributed by atoms with Crippen molar-refractivity contribution in [2.24, 2.45) is 4.99 Å². The lowest BCUT2D eigenvalue weighted by molar-refractivity contribution is 0.0730. The molecule has 0 saturated carbocycles. The average molecular weight is 379 g/mol. The number of hydrogen-bond donors (Lipinski definition) is 1. The lowest BCUT2D eigenvalue weighted by Crippen LogP contribution is -2.18. The van der Waals surface area contributed by atoms with Crippen molar-refractivity contribution in [2.45, 2.75) is 26.4 Å². The highest BCUT2D eigenvalue weighted by atomic mass is 32.1. The van der Waals surface area contributed by atoms with Crippen LogP contribution in [0.3, 0.4) is 0 Å². The molecule has 1 N–H and O–H groups in total. The Balaban J connectivity index is 2.00. The van der Waals surface area contributed by atoms with Gasteiger partial charge in [-0.1, -0.05) is 6.08 Å². The van der Waals surface area contributed by atoms with Gasteiger partial charge in [-0.15, -0.1) is 11.3 Å². The Labute approximate surface area is 161 Å². The van der Waals surface area contributed by atoms with Gasteiger partial charge in [0.1, 0.15) is 16.9 Å². The molecule has 4 aromatic rings. The van der Waals surface area contributed by atoms with Crippen LogP contribution in [0.25, 0.3) is 21.9 Å². The number of nitrogens with zero attached hydrogens (tertiary/aromatic N) is 5. The fourth-order valence-electron chi connectivity index (χ4n) is 3.23. The fourth-order valence-corrected chi connectivity index (χ4v) is 3.94. The first-order chi connectivity index (χ1) is 12.9. The molecule has 0 fully saturated rings. The molecule has 0 radical (unpaired) electrons. The van der Waals surface area contributed by atoms with Gasteiger partial charge < -0.3 is 9.51 Å². The molecule has 0 aliphatic rings. The number of aliphatic imine (C=N–C) groups is 1. The van der Waals surface area contributed by atoms with Crippen molar-refractivity contribution < 1.29 is 5.11 Å². The zero-order valence-corrected chi connectivity index (χ0v) is 16.5. The largest absolute Gasteiger partial charge is 0.384 e. The van der Waals surface area contributed by atoms with E-state index in [1.807, 2.05) is 53.4 Å². The van der Waals surface area contributed by atoms with Crippen LogP contribution in [0.1, 0.15) is 32.2 Å². The van der Waals surface area contributed by atoms with Crippen LogP contribution in [-0.2, 0) is 5.60 Å².